The second kappa shape index (κ2) is 4.34. The summed E-state index contributed by atoms with van der Waals surface area (Å²) in [6, 6.07) is 8.72. The van der Waals surface area contributed by atoms with Crippen molar-refractivity contribution in [3.63, 3.8) is 0 Å². The number of aliphatic hydroxyl groups is 1. The maximum absolute atomic E-state index is 9.38. The van der Waals surface area contributed by atoms with Gasteiger partial charge in [0.15, 0.2) is 0 Å². The Morgan fingerprint density at radius 2 is 2.12 bits per heavy atom. The van der Waals surface area contributed by atoms with Crippen LogP contribution in [0.3, 0.4) is 0 Å². The normalized spacial score (nSPS) is 24.8. The maximum Gasteiger partial charge on any atom is 0.0463 e. The number of fused-ring (bicyclic) bond motifs is 1. The molecule has 92 valence electrons. The highest BCUT2D eigenvalue weighted by Crippen LogP contribution is 2.42. The van der Waals surface area contributed by atoms with Crippen LogP contribution in [-0.2, 0) is 0 Å². The fourth-order valence-corrected chi connectivity index (χ4v) is 2.92. The summed E-state index contributed by atoms with van der Waals surface area (Å²) < 4.78 is 0. The predicted octanol–water partition coefficient (Wildman–Crippen LogP) is 2.63. The first-order chi connectivity index (χ1) is 8.29. The first-order valence-corrected chi connectivity index (χ1v) is 6.74. The highest BCUT2D eigenvalue weighted by Gasteiger charge is 2.34. The lowest BCUT2D eigenvalue weighted by Crippen LogP contribution is -2.26. The molecule has 1 aliphatic carbocycles. The molecule has 3 rings (SSSR count). The summed E-state index contributed by atoms with van der Waals surface area (Å²) in [5, 5.41) is 9.38. The monoisotopic (exact) mass is 231 g/mol. The quantitative estimate of drug-likeness (QED) is 0.861. The number of hydrogen-bond donors (Lipinski definition) is 1. The number of para-hydroxylation sites is 1. The van der Waals surface area contributed by atoms with E-state index in [1.807, 2.05) is 0 Å². The molecular weight excluding hydrogens is 210 g/mol. The number of anilines is 1. The van der Waals surface area contributed by atoms with Crippen LogP contribution in [0.5, 0.6) is 0 Å². The van der Waals surface area contributed by atoms with E-state index in [9.17, 15) is 5.11 Å². The summed E-state index contributed by atoms with van der Waals surface area (Å²) in [4.78, 5) is 2.53. The minimum absolute atomic E-state index is 0.288. The van der Waals surface area contributed by atoms with E-state index in [-0.39, 0.29) is 6.61 Å². The fourth-order valence-electron chi connectivity index (χ4n) is 2.92. The van der Waals surface area contributed by atoms with Crippen LogP contribution in [0.15, 0.2) is 24.3 Å². The largest absolute Gasteiger partial charge is 0.396 e. The van der Waals surface area contributed by atoms with Gasteiger partial charge in [-0.25, -0.2) is 0 Å². The van der Waals surface area contributed by atoms with Gasteiger partial charge in [-0.15, -0.1) is 0 Å². The molecule has 2 unspecified atom stereocenters. The van der Waals surface area contributed by atoms with Gasteiger partial charge in [0, 0.05) is 31.3 Å². The van der Waals surface area contributed by atoms with Gasteiger partial charge in [-0.1, -0.05) is 25.1 Å². The molecule has 1 fully saturated rings. The van der Waals surface area contributed by atoms with Crippen LogP contribution < -0.4 is 4.90 Å². The Labute approximate surface area is 103 Å². The number of nitrogens with zero attached hydrogens (tertiary/aromatic N) is 1. The molecule has 1 aliphatic heterocycles. The van der Waals surface area contributed by atoms with Gasteiger partial charge in [0.2, 0.25) is 0 Å². The van der Waals surface area contributed by atoms with Crippen molar-refractivity contribution in [2.45, 2.75) is 25.7 Å². The molecule has 0 radical (unpaired) electrons. The molecule has 0 bridgehead atoms. The second-order valence-electron chi connectivity index (χ2n) is 5.67. The van der Waals surface area contributed by atoms with Crippen LogP contribution in [0, 0.1) is 11.8 Å². The molecule has 0 amide bonds. The van der Waals surface area contributed by atoms with E-state index in [1.165, 1.54) is 30.6 Å². The van der Waals surface area contributed by atoms with E-state index in [0.29, 0.717) is 11.8 Å². The summed E-state index contributed by atoms with van der Waals surface area (Å²) in [6.45, 7) is 4.75. The summed E-state index contributed by atoms with van der Waals surface area (Å²) in [6.07, 6.45) is 2.80. The molecule has 0 saturated heterocycles. The number of benzene rings is 1. The van der Waals surface area contributed by atoms with Crippen LogP contribution in [0.25, 0.3) is 0 Å². The van der Waals surface area contributed by atoms with Crippen LogP contribution in [0.4, 0.5) is 5.69 Å². The molecule has 1 aromatic rings. The van der Waals surface area contributed by atoms with Crippen molar-refractivity contribution >= 4 is 5.69 Å². The van der Waals surface area contributed by atoms with Crippen molar-refractivity contribution in [3.8, 4) is 0 Å². The van der Waals surface area contributed by atoms with Gasteiger partial charge < -0.3 is 10.0 Å². The van der Waals surface area contributed by atoms with Crippen LogP contribution in [-0.4, -0.2) is 24.8 Å². The van der Waals surface area contributed by atoms with Gasteiger partial charge in [-0.3, -0.25) is 0 Å². The average molecular weight is 231 g/mol. The zero-order chi connectivity index (χ0) is 11.8. The van der Waals surface area contributed by atoms with Gasteiger partial charge in [0.25, 0.3) is 0 Å². The minimum atomic E-state index is 0.288. The average Bonchev–Trinajstić information content (AvgIpc) is 3.10. The van der Waals surface area contributed by atoms with E-state index >= 15 is 0 Å². The van der Waals surface area contributed by atoms with Crippen molar-refractivity contribution in [1.82, 2.24) is 0 Å². The molecular formula is C15H21NO. The Morgan fingerprint density at radius 3 is 2.82 bits per heavy atom. The third-order valence-electron chi connectivity index (χ3n) is 4.24. The van der Waals surface area contributed by atoms with Crippen LogP contribution in [0.1, 0.15) is 31.2 Å². The summed E-state index contributed by atoms with van der Waals surface area (Å²) in [7, 11) is 0. The van der Waals surface area contributed by atoms with Crippen molar-refractivity contribution < 1.29 is 5.11 Å². The zero-order valence-corrected chi connectivity index (χ0v) is 10.5. The highest BCUT2D eigenvalue weighted by molar-refractivity contribution is 5.60. The number of hydrogen-bond acceptors (Lipinski definition) is 2. The van der Waals surface area contributed by atoms with E-state index in [4.69, 9.17) is 0 Å². The first-order valence-electron chi connectivity index (χ1n) is 6.74. The molecule has 1 heterocycles. The molecule has 2 heteroatoms. The highest BCUT2D eigenvalue weighted by atomic mass is 16.3. The SMILES string of the molecule is CC(CO)C1CN(CC2CC2)c2ccccc21. The van der Waals surface area contributed by atoms with E-state index in [0.717, 1.165) is 12.5 Å². The molecule has 2 atom stereocenters. The van der Waals surface area contributed by atoms with Gasteiger partial charge in [0.05, 0.1) is 0 Å². The lowest BCUT2D eigenvalue weighted by Gasteiger charge is -2.21. The third-order valence-corrected chi connectivity index (χ3v) is 4.24. The van der Waals surface area contributed by atoms with Gasteiger partial charge in [-0.05, 0) is 36.3 Å². The van der Waals surface area contributed by atoms with Gasteiger partial charge in [0.1, 0.15) is 0 Å². The topological polar surface area (TPSA) is 23.5 Å². The Bertz CT molecular complexity index is 400. The van der Waals surface area contributed by atoms with Gasteiger partial charge >= 0.3 is 0 Å². The Balaban J connectivity index is 1.85. The van der Waals surface area contributed by atoms with Gasteiger partial charge in [-0.2, -0.15) is 0 Å². The van der Waals surface area contributed by atoms with E-state index in [2.05, 4.69) is 36.1 Å². The fraction of sp³-hybridized carbons (Fsp3) is 0.600. The summed E-state index contributed by atoms with van der Waals surface area (Å²) >= 11 is 0. The lowest BCUT2D eigenvalue weighted by atomic mass is 9.89. The number of aliphatic hydroxyl groups excluding tert-OH is 1. The van der Waals surface area contributed by atoms with E-state index < -0.39 is 0 Å². The van der Waals surface area contributed by atoms with Crippen molar-refractivity contribution in [1.29, 1.82) is 0 Å². The van der Waals surface area contributed by atoms with Crippen molar-refractivity contribution in [2.24, 2.45) is 11.8 Å². The van der Waals surface area contributed by atoms with E-state index in [1.54, 1.807) is 0 Å². The van der Waals surface area contributed by atoms with Crippen molar-refractivity contribution in [2.75, 3.05) is 24.6 Å². The Morgan fingerprint density at radius 1 is 1.35 bits per heavy atom. The summed E-state index contributed by atoms with van der Waals surface area (Å²) in [5.41, 5.74) is 2.85. The molecule has 1 N–H and O–H groups in total. The Kier molecular flexibility index (Phi) is 2.83. The van der Waals surface area contributed by atoms with Crippen LogP contribution >= 0.6 is 0 Å². The van der Waals surface area contributed by atoms with Crippen LogP contribution in [0.2, 0.25) is 0 Å². The molecule has 1 saturated carbocycles. The molecule has 0 aromatic heterocycles. The molecule has 1 aromatic carbocycles. The second-order valence-corrected chi connectivity index (χ2v) is 5.67. The predicted molar refractivity (Wildman–Crippen MR) is 70.4 cm³/mol. The molecule has 17 heavy (non-hydrogen) atoms. The molecule has 2 aliphatic rings. The molecule has 0 spiro atoms. The smallest absolute Gasteiger partial charge is 0.0463 e. The first kappa shape index (κ1) is 11.1. The maximum atomic E-state index is 9.38. The summed E-state index contributed by atoms with van der Waals surface area (Å²) in [5.74, 6) is 1.79. The number of rotatable bonds is 4. The Hall–Kier alpha value is -1.02. The minimum Gasteiger partial charge on any atom is -0.396 e. The lowest BCUT2D eigenvalue weighted by molar-refractivity contribution is 0.219. The zero-order valence-electron chi connectivity index (χ0n) is 10.5. The molecule has 2 nitrogen and oxygen atoms in total. The van der Waals surface area contributed by atoms with Crippen molar-refractivity contribution in [3.05, 3.63) is 29.8 Å². The third kappa shape index (κ3) is 2.06. The standard InChI is InChI=1S/C15H21NO/c1-11(10-17)14-9-16(8-12-6-7-12)15-5-3-2-4-13(14)15/h2-5,11-12,14,17H,6-10H2,1H3.